The fourth-order valence-electron chi connectivity index (χ4n) is 1.46. The van der Waals surface area contributed by atoms with Gasteiger partial charge in [-0.05, 0) is 6.07 Å². The summed E-state index contributed by atoms with van der Waals surface area (Å²) in [7, 11) is 3.15. The minimum Gasteiger partial charge on any atom is -0.383 e. The number of ether oxygens (including phenoxy) is 2. The van der Waals surface area contributed by atoms with Gasteiger partial charge >= 0.3 is 0 Å². The molecule has 0 bridgehead atoms. The van der Waals surface area contributed by atoms with Crippen LogP contribution in [0.1, 0.15) is 10.5 Å². The second kappa shape index (κ2) is 7.62. The quantitative estimate of drug-likeness (QED) is 0.749. The molecule has 0 aliphatic heterocycles. The second-order valence-electron chi connectivity index (χ2n) is 3.71. The summed E-state index contributed by atoms with van der Waals surface area (Å²) in [6.45, 7) is 1.78. The molecule has 0 aliphatic carbocycles. The molecule has 0 aliphatic rings. The minimum absolute atomic E-state index is 0.234. The lowest BCUT2D eigenvalue weighted by Gasteiger charge is -2.21. The summed E-state index contributed by atoms with van der Waals surface area (Å²) in [4.78, 5) is 27.4. The van der Waals surface area contributed by atoms with Crippen molar-refractivity contribution in [2.45, 2.75) is 0 Å². The lowest BCUT2D eigenvalue weighted by atomic mass is 10.3. The predicted octanol–water partition coefficient (Wildman–Crippen LogP) is 0.110. The van der Waals surface area contributed by atoms with Crippen molar-refractivity contribution in [1.82, 2.24) is 9.88 Å². The highest BCUT2D eigenvalue weighted by atomic mass is 16.5. The van der Waals surface area contributed by atoms with E-state index in [9.17, 15) is 9.59 Å². The Hall–Kier alpha value is -1.66. The molecule has 0 unspecified atom stereocenters. The third-order valence-electron chi connectivity index (χ3n) is 2.42. The zero-order chi connectivity index (χ0) is 13.4. The number of H-pyrrole nitrogens is 1. The first-order valence-electron chi connectivity index (χ1n) is 5.65. The van der Waals surface area contributed by atoms with Gasteiger partial charge in [-0.25, -0.2) is 0 Å². The van der Waals surface area contributed by atoms with E-state index in [1.54, 1.807) is 31.3 Å². The van der Waals surface area contributed by atoms with Crippen molar-refractivity contribution in [3.63, 3.8) is 0 Å². The van der Waals surface area contributed by atoms with Crippen LogP contribution in [-0.4, -0.2) is 56.3 Å². The van der Waals surface area contributed by atoms with Gasteiger partial charge in [0.25, 0.3) is 5.91 Å². The lowest BCUT2D eigenvalue weighted by Crippen LogP contribution is -2.37. The lowest BCUT2D eigenvalue weighted by molar-refractivity contribution is 0.0621. The van der Waals surface area contributed by atoms with Gasteiger partial charge in [-0.15, -0.1) is 0 Å². The third-order valence-corrected chi connectivity index (χ3v) is 2.42. The van der Waals surface area contributed by atoms with Gasteiger partial charge < -0.3 is 19.4 Å². The number of methoxy groups -OCH3 is 2. The molecule has 18 heavy (non-hydrogen) atoms. The highest BCUT2D eigenvalue weighted by Crippen LogP contribution is 2.00. The average Bonchev–Trinajstić information content (AvgIpc) is 2.38. The molecule has 0 saturated heterocycles. The van der Waals surface area contributed by atoms with E-state index < -0.39 is 0 Å². The van der Waals surface area contributed by atoms with Gasteiger partial charge in [-0.1, -0.05) is 6.07 Å². The van der Waals surface area contributed by atoms with E-state index in [1.165, 1.54) is 6.07 Å². The first-order chi connectivity index (χ1) is 8.69. The molecule has 0 saturated carbocycles. The number of hydrogen-bond donors (Lipinski definition) is 1. The van der Waals surface area contributed by atoms with Crippen molar-refractivity contribution in [3.05, 3.63) is 34.2 Å². The Morgan fingerprint density at radius 1 is 1.22 bits per heavy atom. The molecule has 0 radical (unpaired) electrons. The Kier molecular flexibility index (Phi) is 6.10. The predicted molar refractivity (Wildman–Crippen MR) is 66.7 cm³/mol. The van der Waals surface area contributed by atoms with E-state index in [1.807, 2.05) is 0 Å². The average molecular weight is 254 g/mol. The number of pyridine rings is 1. The molecule has 0 atom stereocenters. The van der Waals surface area contributed by atoms with E-state index in [-0.39, 0.29) is 17.2 Å². The third kappa shape index (κ3) is 4.31. The number of hydrogen-bond acceptors (Lipinski definition) is 4. The van der Waals surface area contributed by atoms with Crippen LogP contribution in [0.2, 0.25) is 0 Å². The van der Waals surface area contributed by atoms with Crippen molar-refractivity contribution >= 4 is 5.91 Å². The van der Waals surface area contributed by atoms with Gasteiger partial charge in [-0.3, -0.25) is 9.59 Å². The number of nitrogens with one attached hydrogen (secondary N) is 1. The molecule has 1 heterocycles. The fraction of sp³-hybridized carbons (Fsp3) is 0.500. The van der Waals surface area contributed by atoms with Crippen LogP contribution >= 0.6 is 0 Å². The number of rotatable bonds is 7. The Balaban J connectivity index is 2.77. The first-order valence-corrected chi connectivity index (χ1v) is 5.65. The van der Waals surface area contributed by atoms with Crippen LogP contribution in [0.3, 0.4) is 0 Å². The van der Waals surface area contributed by atoms with Crippen molar-refractivity contribution in [2.75, 3.05) is 40.5 Å². The number of carbonyl (C=O) groups is 1. The second-order valence-corrected chi connectivity index (χ2v) is 3.71. The first kappa shape index (κ1) is 14.4. The maximum absolute atomic E-state index is 12.2. The van der Waals surface area contributed by atoms with Gasteiger partial charge in [0.2, 0.25) is 5.56 Å². The molecule has 6 heteroatoms. The standard InChI is InChI=1S/C12H18N2O4/c1-17-8-6-14(7-9-18-2)12(16)10-4-3-5-11(15)13-10/h3-5H,6-9H2,1-2H3,(H,13,15). The van der Waals surface area contributed by atoms with Crippen molar-refractivity contribution in [2.24, 2.45) is 0 Å². The van der Waals surface area contributed by atoms with Gasteiger partial charge in [0.1, 0.15) is 5.69 Å². The Bertz CT molecular complexity index is 422. The van der Waals surface area contributed by atoms with Crippen LogP contribution in [0.5, 0.6) is 0 Å². The molecule has 6 nitrogen and oxygen atoms in total. The molecule has 0 fully saturated rings. The van der Waals surface area contributed by atoms with Gasteiger partial charge in [0.05, 0.1) is 13.2 Å². The fourth-order valence-corrected chi connectivity index (χ4v) is 1.46. The monoisotopic (exact) mass is 254 g/mol. The van der Waals surface area contributed by atoms with Crippen LogP contribution in [0.4, 0.5) is 0 Å². The molecule has 1 aromatic rings. The van der Waals surface area contributed by atoms with Crippen LogP contribution in [0, 0.1) is 0 Å². The van der Waals surface area contributed by atoms with E-state index in [0.717, 1.165) is 0 Å². The van der Waals surface area contributed by atoms with E-state index in [0.29, 0.717) is 26.3 Å². The summed E-state index contributed by atoms with van der Waals surface area (Å²) in [6.07, 6.45) is 0. The minimum atomic E-state index is -0.292. The Morgan fingerprint density at radius 2 is 1.83 bits per heavy atom. The number of carbonyl (C=O) groups excluding carboxylic acids is 1. The summed E-state index contributed by atoms with van der Waals surface area (Å²) < 4.78 is 9.91. The maximum atomic E-state index is 12.2. The summed E-state index contributed by atoms with van der Waals surface area (Å²) in [5.41, 5.74) is -0.0195. The molecule has 100 valence electrons. The number of amides is 1. The van der Waals surface area contributed by atoms with Gasteiger partial charge in [0.15, 0.2) is 0 Å². The van der Waals surface area contributed by atoms with Crippen LogP contribution in [0.15, 0.2) is 23.0 Å². The zero-order valence-corrected chi connectivity index (χ0v) is 10.6. The SMILES string of the molecule is COCCN(CCOC)C(=O)c1cccc(=O)[nH]1. The van der Waals surface area contributed by atoms with Crippen molar-refractivity contribution in [1.29, 1.82) is 0 Å². The van der Waals surface area contributed by atoms with Crippen LogP contribution < -0.4 is 5.56 Å². The van der Waals surface area contributed by atoms with Crippen molar-refractivity contribution < 1.29 is 14.3 Å². The van der Waals surface area contributed by atoms with Gasteiger partial charge in [0, 0.05) is 33.4 Å². The van der Waals surface area contributed by atoms with E-state index in [4.69, 9.17) is 9.47 Å². The molecular weight excluding hydrogens is 236 g/mol. The molecule has 1 aromatic heterocycles. The molecular formula is C12H18N2O4. The smallest absolute Gasteiger partial charge is 0.270 e. The highest BCUT2D eigenvalue weighted by Gasteiger charge is 2.15. The maximum Gasteiger partial charge on any atom is 0.270 e. The Morgan fingerprint density at radius 3 is 2.33 bits per heavy atom. The molecule has 1 amide bonds. The number of nitrogens with zero attached hydrogens (tertiary/aromatic N) is 1. The summed E-state index contributed by atoms with van der Waals surface area (Å²) in [5, 5.41) is 0. The number of aromatic nitrogens is 1. The Labute approximate surface area is 106 Å². The van der Waals surface area contributed by atoms with Gasteiger partial charge in [-0.2, -0.15) is 0 Å². The van der Waals surface area contributed by atoms with Crippen molar-refractivity contribution in [3.8, 4) is 0 Å². The van der Waals surface area contributed by atoms with Crippen LogP contribution in [0.25, 0.3) is 0 Å². The largest absolute Gasteiger partial charge is 0.383 e. The molecule has 0 aromatic carbocycles. The summed E-state index contributed by atoms with van der Waals surface area (Å²) in [5.74, 6) is -0.234. The normalized spacial score (nSPS) is 10.3. The highest BCUT2D eigenvalue weighted by molar-refractivity contribution is 5.92. The number of aromatic amines is 1. The molecule has 1 N–H and O–H groups in total. The summed E-state index contributed by atoms with van der Waals surface area (Å²) >= 11 is 0. The topological polar surface area (TPSA) is 71.6 Å². The molecule has 0 spiro atoms. The molecule has 1 rings (SSSR count). The summed E-state index contributed by atoms with van der Waals surface area (Å²) in [6, 6.07) is 4.50. The van der Waals surface area contributed by atoms with E-state index in [2.05, 4.69) is 4.98 Å². The zero-order valence-electron chi connectivity index (χ0n) is 10.6. The van der Waals surface area contributed by atoms with Crippen LogP contribution in [-0.2, 0) is 9.47 Å². The van der Waals surface area contributed by atoms with E-state index >= 15 is 0 Å².